The van der Waals surface area contributed by atoms with Crippen molar-refractivity contribution in [2.45, 2.75) is 38.1 Å². The molecule has 1 heterocycles. The van der Waals surface area contributed by atoms with Crippen molar-refractivity contribution in [2.75, 3.05) is 38.7 Å². The normalized spacial score (nSPS) is 15.8. The number of piperidine rings is 1. The molecule has 31 heavy (non-hydrogen) atoms. The number of aryl methyl sites for hydroxylation is 1. The lowest BCUT2D eigenvalue weighted by atomic mass is 9.86. The maximum Gasteiger partial charge on any atom is 0.340 e. The molecule has 1 aliphatic heterocycles. The number of benzene rings is 2. The number of likely N-dealkylation sites (tertiary alicyclic amines) is 1. The zero-order valence-corrected chi connectivity index (χ0v) is 18.4. The molecule has 0 bridgehead atoms. The Morgan fingerprint density at radius 2 is 1.71 bits per heavy atom. The van der Waals surface area contributed by atoms with Gasteiger partial charge >= 0.3 is 11.9 Å². The van der Waals surface area contributed by atoms with Crippen LogP contribution >= 0.6 is 0 Å². The number of esters is 2. The third kappa shape index (κ3) is 5.85. The molecule has 1 aliphatic rings. The summed E-state index contributed by atoms with van der Waals surface area (Å²) in [5.74, 6) is -0.695. The summed E-state index contributed by atoms with van der Waals surface area (Å²) in [6.45, 7) is 4.65. The van der Waals surface area contributed by atoms with Crippen LogP contribution in [0.25, 0.3) is 0 Å². The summed E-state index contributed by atoms with van der Waals surface area (Å²) in [4.78, 5) is 27.5. The topological polar surface area (TPSA) is 67.9 Å². The zero-order chi connectivity index (χ0) is 22.1. The third-order valence-electron chi connectivity index (χ3n) is 5.86. The molecule has 0 amide bonds. The molecule has 0 spiro atoms. The highest BCUT2D eigenvalue weighted by molar-refractivity contribution is 5.97. The first-order valence-electron chi connectivity index (χ1n) is 11.0. The summed E-state index contributed by atoms with van der Waals surface area (Å²) in [7, 11) is 1.41. The van der Waals surface area contributed by atoms with Crippen LogP contribution < -0.4 is 5.32 Å². The maximum absolute atomic E-state index is 12.8. The number of ether oxygens (including phenoxy) is 2. The van der Waals surface area contributed by atoms with E-state index in [-0.39, 0.29) is 5.97 Å². The Kier molecular flexibility index (Phi) is 8.06. The molecular weight excluding hydrogens is 392 g/mol. The van der Waals surface area contributed by atoms with Crippen LogP contribution in [-0.2, 0) is 20.7 Å². The van der Waals surface area contributed by atoms with E-state index in [1.807, 2.05) is 18.2 Å². The Hall–Kier alpha value is -2.86. The number of nitrogens with one attached hydrogen (secondary N) is 1. The zero-order valence-electron chi connectivity index (χ0n) is 18.4. The quantitative estimate of drug-likeness (QED) is 0.616. The van der Waals surface area contributed by atoms with E-state index in [0.29, 0.717) is 30.7 Å². The molecule has 0 unspecified atom stereocenters. The van der Waals surface area contributed by atoms with Crippen molar-refractivity contribution in [1.82, 2.24) is 4.90 Å². The second kappa shape index (κ2) is 11.0. The number of para-hydroxylation sites is 1. The fraction of sp³-hybridized carbons (Fsp3) is 0.440. The van der Waals surface area contributed by atoms with Crippen molar-refractivity contribution in [3.05, 3.63) is 65.7 Å². The molecule has 1 saturated heterocycles. The molecule has 2 aromatic carbocycles. The van der Waals surface area contributed by atoms with Gasteiger partial charge in [0.15, 0.2) is 0 Å². The van der Waals surface area contributed by atoms with E-state index in [9.17, 15) is 9.59 Å². The van der Waals surface area contributed by atoms with Crippen LogP contribution in [0.15, 0.2) is 54.6 Å². The average Bonchev–Trinajstić information content (AvgIpc) is 2.81. The van der Waals surface area contributed by atoms with Gasteiger partial charge < -0.3 is 19.7 Å². The summed E-state index contributed by atoms with van der Waals surface area (Å²) in [5.41, 5.74) is 1.52. The summed E-state index contributed by atoms with van der Waals surface area (Å²) in [6, 6.07) is 17.6. The van der Waals surface area contributed by atoms with Crippen molar-refractivity contribution in [3.8, 4) is 0 Å². The number of hydrogen-bond acceptors (Lipinski definition) is 6. The standard InChI is InChI=1S/C25H32N2O4/c1-3-31-23(28)21-13-7-8-14-22(21)26-25(24(29)30-2)15-18-27(19-16-25)17-9-12-20-10-5-4-6-11-20/h4-8,10-11,13-14,26H,3,9,12,15-19H2,1-2H3. The minimum atomic E-state index is -0.854. The number of hydrogen-bond donors (Lipinski definition) is 1. The van der Waals surface area contributed by atoms with E-state index in [0.717, 1.165) is 32.5 Å². The highest BCUT2D eigenvalue weighted by atomic mass is 16.5. The Morgan fingerprint density at radius 1 is 1.03 bits per heavy atom. The molecule has 0 radical (unpaired) electrons. The molecule has 1 N–H and O–H groups in total. The third-order valence-corrected chi connectivity index (χ3v) is 5.86. The second-order valence-electron chi connectivity index (χ2n) is 7.90. The fourth-order valence-electron chi connectivity index (χ4n) is 4.12. The number of nitrogens with zero attached hydrogens (tertiary/aromatic N) is 1. The van der Waals surface area contributed by atoms with E-state index in [2.05, 4.69) is 34.5 Å². The van der Waals surface area contributed by atoms with Gasteiger partial charge in [-0.3, -0.25) is 0 Å². The van der Waals surface area contributed by atoms with Gasteiger partial charge in [-0.05, 0) is 56.8 Å². The first-order chi connectivity index (χ1) is 15.1. The van der Waals surface area contributed by atoms with Crippen molar-refractivity contribution >= 4 is 17.6 Å². The minimum absolute atomic E-state index is 0.296. The molecule has 1 fully saturated rings. The van der Waals surface area contributed by atoms with Gasteiger partial charge in [-0.25, -0.2) is 9.59 Å². The predicted molar refractivity (Wildman–Crippen MR) is 121 cm³/mol. The summed E-state index contributed by atoms with van der Waals surface area (Å²) in [6.07, 6.45) is 3.35. The summed E-state index contributed by atoms with van der Waals surface area (Å²) < 4.78 is 10.3. The Bertz CT molecular complexity index is 861. The van der Waals surface area contributed by atoms with Crippen LogP contribution in [0.4, 0.5) is 5.69 Å². The van der Waals surface area contributed by atoms with Gasteiger partial charge in [-0.15, -0.1) is 0 Å². The van der Waals surface area contributed by atoms with E-state index in [1.165, 1.54) is 12.7 Å². The van der Waals surface area contributed by atoms with Gasteiger partial charge in [-0.2, -0.15) is 0 Å². The van der Waals surface area contributed by atoms with Crippen LogP contribution in [0.2, 0.25) is 0 Å². The smallest absolute Gasteiger partial charge is 0.340 e. The van der Waals surface area contributed by atoms with Crippen LogP contribution in [0.1, 0.15) is 42.1 Å². The molecule has 166 valence electrons. The number of methoxy groups -OCH3 is 1. The predicted octanol–water partition coefficient (Wildman–Crippen LogP) is 3.92. The number of anilines is 1. The lowest BCUT2D eigenvalue weighted by molar-refractivity contribution is -0.147. The number of carbonyl (C=O) groups excluding carboxylic acids is 2. The molecule has 0 aromatic heterocycles. The average molecular weight is 425 g/mol. The van der Waals surface area contributed by atoms with E-state index in [4.69, 9.17) is 9.47 Å². The molecule has 3 rings (SSSR count). The van der Waals surface area contributed by atoms with Crippen molar-refractivity contribution in [1.29, 1.82) is 0 Å². The van der Waals surface area contributed by atoms with Gasteiger partial charge in [0, 0.05) is 18.8 Å². The first kappa shape index (κ1) is 22.8. The van der Waals surface area contributed by atoms with Gasteiger partial charge in [0.2, 0.25) is 0 Å². The van der Waals surface area contributed by atoms with Gasteiger partial charge in [0.05, 0.1) is 19.3 Å². The molecule has 0 saturated carbocycles. The molecule has 6 heteroatoms. The second-order valence-corrected chi connectivity index (χ2v) is 7.90. The molecule has 0 aliphatic carbocycles. The molecule has 2 aromatic rings. The van der Waals surface area contributed by atoms with Gasteiger partial charge in [0.25, 0.3) is 0 Å². The van der Waals surface area contributed by atoms with Crippen LogP contribution in [-0.4, -0.2) is 55.7 Å². The van der Waals surface area contributed by atoms with Crippen LogP contribution in [0.3, 0.4) is 0 Å². The summed E-state index contributed by atoms with van der Waals surface area (Å²) in [5, 5.41) is 3.35. The van der Waals surface area contributed by atoms with Crippen molar-refractivity contribution in [2.24, 2.45) is 0 Å². The van der Waals surface area contributed by atoms with Crippen molar-refractivity contribution in [3.63, 3.8) is 0 Å². The molecule has 6 nitrogen and oxygen atoms in total. The molecular formula is C25H32N2O4. The summed E-state index contributed by atoms with van der Waals surface area (Å²) >= 11 is 0. The first-order valence-corrected chi connectivity index (χ1v) is 11.0. The van der Waals surface area contributed by atoms with Crippen molar-refractivity contribution < 1.29 is 19.1 Å². The van der Waals surface area contributed by atoms with Crippen LogP contribution in [0, 0.1) is 0 Å². The van der Waals surface area contributed by atoms with Gasteiger partial charge in [-0.1, -0.05) is 42.5 Å². The Balaban J connectivity index is 1.64. The highest BCUT2D eigenvalue weighted by Crippen LogP contribution is 2.30. The monoisotopic (exact) mass is 424 g/mol. The largest absolute Gasteiger partial charge is 0.467 e. The maximum atomic E-state index is 12.8. The lowest BCUT2D eigenvalue weighted by Gasteiger charge is -2.41. The Labute approximate surface area is 184 Å². The Morgan fingerprint density at radius 3 is 2.39 bits per heavy atom. The number of carbonyl (C=O) groups is 2. The van der Waals surface area contributed by atoms with Gasteiger partial charge in [0.1, 0.15) is 5.54 Å². The SMILES string of the molecule is CCOC(=O)c1ccccc1NC1(C(=O)OC)CCN(CCCc2ccccc2)CC1. The fourth-order valence-corrected chi connectivity index (χ4v) is 4.12. The molecule has 0 atom stereocenters. The van der Waals surface area contributed by atoms with E-state index < -0.39 is 11.5 Å². The van der Waals surface area contributed by atoms with Crippen LogP contribution in [0.5, 0.6) is 0 Å². The lowest BCUT2D eigenvalue weighted by Crippen LogP contribution is -2.55. The number of rotatable bonds is 9. The van der Waals surface area contributed by atoms with E-state index >= 15 is 0 Å². The van der Waals surface area contributed by atoms with E-state index in [1.54, 1.807) is 19.1 Å². The highest BCUT2D eigenvalue weighted by Gasteiger charge is 2.43. The minimum Gasteiger partial charge on any atom is -0.467 e.